The highest BCUT2D eigenvalue weighted by Crippen LogP contribution is 2.44. The van der Waals surface area contributed by atoms with Crippen molar-refractivity contribution < 1.29 is 27.9 Å². The molecule has 4 rings (SSSR count). The smallest absolute Gasteiger partial charge is 0.310 e. The molecule has 1 amide bonds. The van der Waals surface area contributed by atoms with Gasteiger partial charge in [-0.3, -0.25) is 14.3 Å². The third kappa shape index (κ3) is 3.48. The van der Waals surface area contributed by atoms with Gasteiger partial charge in [-0.25, -0.2) is 13.4 Å². The van der Waals surface area contributed by atoms with E-state index in [0.717, 1.165) is 11.3 Å². The molecule has 2 aromatic rings. The number of sulfonamides is 1. The van der Waals surface area contributed by atoms with Crippen molar-refractivity contribution in [2.45, 2.75) is 29.9 Å². The van der Waals surface area contributed by atoms with Gasteiger partial charge in [-0.05, 0) is 37.1 Å². The van der Waals surface area contributed by atoms with Gasteiger partial charge >= 0.3 is 5.97 Å². The summed E-state index contributed by atoms with van der Waals surface area (Å²) in [6, 6.07) is 5.63. The Labute approximate surface area is 164 Å². The monoisotopic (exact) mass is 423 g/mol. The normalized spacial score (nSPS) is 26.1. The Kier molecular flexibility index (Phi) is 4.81. The molecule has 11 heteroatoms. The zero-order valence-electron chi connectivity index (χ0n) is 14.4. The van der Waals surface area contributed by atoms with Crippen molar-refractivity contribution in [1.82, 2.24) is 4.98 Å². The molecule has 2 bridgehead atoms. The molecule has 9 nitrogen and oxygen atoms in total. The zero-order valence-corrected chi connectivity index (χ0v) is 16.1. The van der Waals surface area contributed by atoms with Crippen LogP contribution in [0.2, 0.25) is 0 Å². The zero-order chi connectivity index (χ0) is 19.9. The van der Waals surface area contributed by atoms with Crippen molar-refractivity contribution in [2.24, 2.45) is 11.8 Å². The van der Waals surface area contributed by atoms with E-state index in [2.05, 4.69) is 15.0 Å². The molecule has 28 heavy (non-hydrogen) atoms. The summed E-state index contributed by atoms with van der Waals surface area (Å²) in [5.74, 6) is -3.09. The number of carboxylic acid groups (broad SMARTS) is 1. The molecule has 2 fully saturated rings. The lowest BCUT2D eigenvalue weighted by Gasteiger charge is -2.23. The topological polar surface area (TPSA) is 135 Å². The van der Waals surface area contributed by atoms with E-state index in [9.17, 15) is 23.1 Å². The fraction of sp³-hybridized carbons (Fsp3) is 0.353. The van der Waals surface area contributed by atoms with E-state index < -0.39 is 45.9 Å². The van der Waals surface area contributed by atoms with Gasteiger partial charge in [0.2, 0.25) is 5.91 Å². The first-order chi connectivity index (χ1) is 13.3. The predicted molar refractivity (Wildman–Crippen MR) is 101 cm³/mol. The Morgan fingerprint density at radius 2 is 1.82 bits per heavy atom. The van der Waals surface area contributed by atoms with Gasteiger partial charge in [0, 0.05) is 17.3 Å². The van der Waals surface area contributed by atoms with E-state index in [0.29, 0.717) is 18.5 Å². The minimum atomic E-state index is -3.78. The second-order valence-corrected chi connectivity index (χ2v) is 9.21. The fourth-order valence-electron chi connectivity index (χ4n) is 3.72. The molecule has 2 aliphatic rings. The van der Waals surface area contributed by atoms with Crippen LogP contribution in [0.1, 0.15) is 12.8 Å². The summed E-state index contributed by atoms with van der Waals surface area (Å²) >= 11 is 1.16. The van der Waals surface area contributed by atoms with Crippen LogP contribution in [0.5, 0.6) is 0 Å². The molecule has 2 aliphatic heterocycles. The van der Waals surface area contributed by atoms with Gasteiger partial charge in [0.1, 0.15) is 0 Å². The van der Waals surface area contributed by atoms with Gasteiger partial charge in [0.25, 0.3) is 10.0 Å². The van der Waals surface area contributed by atoms with E-state index in [1.165, 1.54) is 30.5 Å². The Balaban J connectivity index is 1.46. The number of ether oxygens (including phenoxy) is 1. The molecule has 0 saturated carbocycles. The summed E-state index contributed by atoms with van der Waals surface area (Å²) in [5, 5.41) is 14.0. The van der Waals surface area contributed by atoms with E-state index in [4.69, 9.17) is 4.74 Å². The van der Waals surface area contributed by atoms with Gasteiger partial charge in [-0.15, -0.1) is 11.3 Å². The van der Waals surface area contributed by atoms with Crippen LogP contribution in [-0.2, 0) is 24.3 Å². The molecule has 2 saturated heterocycles. The van der Waals surface area contributed by atoms with Gasteiger partial charge in [0.15, 0.2) is 5.13 Å². The number of aliphatic carboxylic acids is 1. The van der Waals surface area contributed by atoms with Gasteiger partial charge < -0.3 is 15.2 Å². The van der Waals surface area contributed by atoms with Crippen LogP contribution < -0.4 is 10.0 Å². The van der Waals surface area contributed by atoms with Crippen LogP contribution in [0.3, 0.4) is 0 Å². The highest BCUT2D eigenvalue weighted by molar-refractivity contribution is 7.93. The van der Waals surface area contributed by atoms with Gasteiger partial charge in [-0.2, -0.15) is 0 Å². The molecule has 0 unspecified atom stereocenters. The van der Waals surface area contributed by atoms with E-state index >= 15 is 0 Å². The third-order valence-electron chi connectivity index (χ3n) is 4.95. The third-order valence-corrected chi connectivity index (χ3v) is 7.12. The number of anilines is 2. The van der Waals surface area contributed by atoms with E-state index in [-0.39, 0.29) is 10.0 Å². The summed E-state index contributed by atoms with van der Waals surface area (Å²) < 4.78 is 32.6. The lowest BCUT2D eigenvalue weighted by Crippen LogP contribution is -2.40. The van der Waals surface area contributed by atoms with E-state index in [1.807, 2.05) is 0 Å². The SMILES string of the molecule is O=C(O)[C@@H]1[C@H](C(=O)Nc2ccc(S(=O)(=O)Nc3nccs3)cc2)[C@@H]2CC[C@@H]1O2. The standard InChI is InChI=1S/C17H17N3O6S2/c21-15(13-11-5-6-12(26-11)14(13)16(22)23)19-9-1-3-10(4-2-9)28(24,25)20-17-18-7-8-27-17/h1-4,7-8,11-14H,5-6H2,(H,18,20)(H,19,21)(H,22,23)/t11-,12-,13+,14-/m0/s1. The number of amides is 1. The number of hydrogen-bond donors (Lipinski definition) is 3. The number of rotatable bonds is 6. The second-order valence-electron chi connectivity index (χ2n) is 6.64. The number of aromatic nitrogens is 1. The summed E-state index contributed by atoms with van der Waals surface area (Å²) in [7, 11) is -3.78. The average molecular weight is 423 g/mol. The van der Waals surface area contributed by atoms with Crippen LogP contribution in [0.25, 0.3) is 0 Å². The van der Waals surface area contributed by atoms with E-state index in [1.54, 1.807) is 5.38 Å². The van der Waals surface area contributed by atoms with Crippen LogP contribution in [0.4, 0.5) is 10.8 Å². The lowest BCUT2D eigenvalue weighted by atomic mass is 9.78. The Morgan fingerprint density at radius 3 is 2.43 bits per heavy atom. The fourth-order valence-corrected chi connectivity index (χ4v) is 5.50. The van der Waals surface area contributed by atoms with Crippen molar-refractivity contribution >= 4 is 44.1 Å². The number of nitrogens with one attached hydrogen (secondary N) is 2. The first-order valence-corrected chi connectivity index (χ1v) is 10.9. The molecule has 1 aromatic heterocycles. The van der Waals surface area contributed by atoms with Crippen molar-refractivity contribution in [2.75, 3.05) is 10.0 Å². The minimum absolute atomic E-state index is 0.0207. The molecule has 0 spiro atoms. The second kappa shape index (κ2) is 7.15. The van der Waals surface area contributed by atoms with Crippen LogP contribution in [0, 0.1) is 11.8 Å². The van der Waals surface area contributed by atoms with Crippen molar-refractivity contribution in [3.05, 3.63) is 35.8 Å². The molecule has 0 radical (unpaired) electrons. The molecule has 3 heterocycles. The van der Waals surface area contributed by atoms with Gasteiger partial charge in [-0.1, -0.05) is 0 Å². The molecule has 148 valence electrons. The van der Waals surface area contributed by atoms with Gasteiger partial charge in [0.05, 0.1) is 28.9 Å². The lowest BCUT2D eigenvalue weighted by molar-refractivity contribution is -0.147. The Morgan fingerprint density at radius 1 is 1.14 bits per heavy atom. The number of fused-ring (bicyclic) bond motifs is 2. The predicted octanol–water partition coefficient (Wildman–Crippen LogP) is 1.76. The number of nitrogens with zero attached hydrogens (tertiary/aromatic N) is 1. The number of thiazole rings is 1. The highest BCUT2D eigenvalue weighted by atomic mass is 32.2. The summed E-state index contributed by atoms with van der Waals surface area (Å²) in [4.78, 5) is 28.0. The average Bonchev–Trinajstić information content (AvgIpc) is 3.38. The number of carboxylic acids is 1. The molecule has 0 aliphatic carbocycles. The largest absolute Gasteiger partial charge is 0.481 e. The number of benzene rings is 1. The molecule has 3 N–H and O–H groups in total. The summed E-state index contributed by atoms with van der Waals surface area (Å²) in [6.45, 7) is 0. The van der Waals surface area contributed by atoms with Crippen LogP contribution in [0.15, 0.2) is 40.7 Å². The maximum atomic E-state index is 12.6. The van der Waals surface area contributed by atoms with Crippen molar-refractivity contribution in [1.29, 1.82) is 0 Å². The first-order valence-electron chi connectivity index (χ1n) is 8.57. The molecule has 4 atom stereocenters. The van der Waals surface area contributed by atoms with Crippen molar-refractivity contribution in [3.8, 4) is 0 Å². The minimum Gasteiger partial charge on any atom is -0.481 e. The number of carbonyl (C=O) groups is 2. The Hall–Kier alpha value is -2.50. The van der Waals surface area contributed by atoms with Crippen LogP contribution in [-0.4, -0.2) is 42.6 Å². The Bertz CT molecular complexity index is 990. The molecule has 1 aromatic carbocycles. The number of carbonyl (C=O) groups excluding carboxylic acids is 1. The van der Waals surface area contributed by atoms with Crippen LogP contribution >= 0.6 is 11.3 Å². The summed E-state index contributed by atoms with van der Waals surface area (Å²) in [5.41, 5.74) is 0.380. The highest BCUT2D eigenvalue weighted by Gasteiger charge is 2.55. The number of hydrogen-bond acceptors (Lipinski definition) is 7. The molecular formula is C17H17N3O6S2. The first kappa shape index (κ1) is 18.8. The maximum absolute atomic E-state index is 12.6. The quantitative estimate of drug-likeness (QED) is 0.644. The maximum Gasteiger partial charge on any atom is 0.310 e. The van der Waals surface area contributed by atoms with Crippen molar-refractivity contribution in [3.63, 3.8) is 0 Å². The molecular weight excluding hydrogens is 406 g/mol. The summed E-state index contributed by atoms with van der Waals surface area (Å²) in [6.07, 6.45) is 1.97.